The van der Waals surface area contributed by atoms with Gasteiger partial charge in [-0.1, -0.05) is 74.5 Å². The summed E-state index contributed by atoms with van der Waals surface area (Å²) in [7, 11) is -3.52. The Bertz CT molecular complexity index is 1060. The van der Waals surface area contributed by atoms with Gasteiger partial charge in [-0.2, -0.15) is 4.31 Å². The van der Waals surface area contributed by atoms with E-state index in [1.54, 1.807) is 26.0 Å². The lowest BCUT2D eigenvalue weighted by molar-refractivity contribution is -0.115. The van der Waals surface area contributed by atoms with Crippen molar-refractivity contribution in [1.82, 2.24) is 9.62 Å². The number of carbonyl (C=O) groups is 1. The minimum Gasteiger partial charge on any atom is -0.325 e. The minimum atomic E-state index is -3.52. The van der Waals surface area contributed by atoms with Crippen LogP contribution in [-0.4, -0.2) is 38.3 Å². The van der Waals surface area contributed by atoms with Gasteiger partial charge in [-0.15, -0.1) is 0 Å². The summed E-state index contributed by atoms with van der Waals surface area (Å²) < 4.78 is 26.6. The number of sulfonamides is 1. The summed E-state index contributed by atoms with van der Waals surface area (Å²) in [4.78, 5) is 12.8. The molecule has 0 saturated carbocycles. The van der Waals surface area contributed by atoms with Gasteiger partial charge in [0.05, 0.1) is 17.5 Å². The molecule has 32 heavy (non-hydrogen) atoms. The van der Waals surface area contributed by atoms with Crippen LogP contribution >= 0.6 is 0 Å². The second-order valence-electron chi connectivity index (χ2n) is 7.30. The van der Waals surface area contributed by atoms with Crippen molar-refractivity contribution < 1.29 is 13.2 Å². The molecule has 0 fully saturated rings. The Kier molecular flexibility index (Phi) is 8.16. The predicted octanol–water partition coefficient (Wildman–Crippen LogP) is 4.03. The molecule has 0 heterocycles. The van der Waals surface area contributed by atoms with Gasteiger partial charge in [-0.25, -0.2) is 8.42 Å². The molecular weight excluding hydrogens is 422 g/mol. The van der Waals surface area contributed by atoms with Crippen LogP contribution in [-0.2, 0) is 14.8 Å². The van der Waals surface area contributed by atoms with Gasteiger partial charge in [0.1, 0.15) is 0 Å². The van der Waals surface area contributed by atoms with Crippen LogP contribution in [0.1, 0.15) is 31.0 Å². The van der Waals surface area contributed by atoms with Crippen LogP contribution in [0.25, 0.3) is 0 Å². The molecule has 0 unspecified atom stereocenters. The predicted molar refractivity (Wildman–Crippen MR) is 128 cm³/mol. The third kappa shape index (κ3) is 5.82. The van der Waals surface area contributed by atoms with E-state index in [1.807, 2.05) is 60.7 Å². The van der Waals surface area contributed by atoms with Crippen molar-refractivity contribution in [1.29, 1.82) is 0 Å². The summed E-state index contributed by atoms with van der Waals surface area (Å²) in [6.45, 7) is 4.54. The number of amides is 1. The second kappa shape index (κ2) is 11.0. The van der Waals surface area contributed by atoms with E-state index in [0.29, 0.717) is 18.8 Å². The Hall–Kier alpha value is -3.00. The molecule has 0 aliphatic rings. The molecule has 0 aliphatic carbocycles. The van der Waals surface area contributed by atoms with Crippen molar-refractivity contribution in [3.05, 3.63) is 96.1 Å². The highest BCUT2D eigenvalue weighted by Crippen LogP contribution is 2.22. The first-order valence-corrected chi connectivity index (χ1v) is 12.1. The maximum Gasteiger partial charge on any atom is 0.243 e. The van der Waals surface area contributed by atoms with Crippen molar-refractivity contribution >= 4 is 21.6 Å². The van der Waals surface area contributed by atoms with Crippen LogP contribution in [0.5, 0.6) is 0 Å². The number of nitrogens with one attached hydrogen (secondary N) is 2. The Morgan fingerprint density at radius 1 is 0.812 bits per heavy atom. The summed E-state index contributed by atoms with van der Waals surface area (Å²) in [6, 6.07) is 26.1. The largest absolute Gasteiger partial charge is 0.325 e. The molecule has 168 valence electrons. The van der Waals surface area contributed by atoms with Crippen LogP contribution in [0.3, 0.4) is 0 Å². The fourth-order valence-corrected chi connectivity index (χ4v) is 5.00. The maximum absolute atomic E-state index is 12.6. The number of benzene rings is 3. The topological polar surface area (TPSA) is 78.5 Å². The molecule has 0 radical (unpaired) electrons. The quantitative estimate of drug-likeness (QED) is 0.488. The van der Waals surface area contributed by atoms with Crippen molar-refractivity contribution in [2.24, 2.45) is 0 Å². The summed E-state index contributed by atoms with van der Waals surface area (Å²) in [5, 5.41) is 6.15. The number of anilines is 1. The molecule has 0 spiro atoms. The standard InChI is InChI=1S/C25H29N3O3S/c1-3-28(4-2)32(30,31)23-17-15-22(16-18-23)27-24(29)19-26-25(20-11-7-5-8-12-20)21-13-9-6-10-14-21/h5-18,25-26H,3-4,19H2,1-2H3,(H,27,29). The zero-order valence-corrected chi connectivity index (χ0v) is 19.2. The summed E-state index contributed by atoms with van der Waals surface area (Å²) >= 11 is 0. The molecule has 7 heteroatoms. The summed E-state index contributed by atoms with van der Waals surface area (Å²) in [5.41, 5.74) is 2.68. The molecule has 0 aromatic heterocycles. The van der Waals surface area contributed by atoms with E-state index in [1.165, 1.54) is 16.4 Å². The Morgan fingerprint density at radius 3 is 1.78 bits per heavy atom. The zero-order chi connectivity index (χ0) is 23.0. The molecule has 6 nitrogen and oxygen atoms in total. The minimum absolute atomic E-state index is 0.105. The van der Waals surface area contributed by atoms with Crippen LogP contribution in [0.15, 0.2) is 89.8 Å². The fourth-order valence-electron chi connectivity index (χ4n) is 3.54. The van der Waals surface area contributed by atoms with Gasteiger partial charge in [0.25, 0.3) is 0 Å². The van der Waals surface area contributed by atoms with Gasteiger partial charge in [-0.05, 0) is 35.4 Å². The SMILES string of the molecule is CCN(CC)S(=O)(=O)c1ccc(NC(=O)CNC(c2ccccc2)c2ccccc2)cc1. The molecule has 0 saturated heterocycles. The van der Waals surface area contributed by atoms with Crippen molar-refractivity contribution in [2.75, 3.05) is 25.0 Å². The second-order valence-corrected chi connectivity index (χ2v) is 9.24. The van der Waals surface area contributed by atoms with E-state index < -0.39 is 10.0 Å². The number of carbonyl (C=O) groups excluding carboxylic acids is 1. The molecule has 0 bridgehead atoms. The third-order valence-electron chi connectivity index (χ3n) is 5.21. The molecule has 2 N–H and O–H groups in total. The first-order valence-electron chi connectivity index (χ1n) is 10.7. The van der Waals surface area contributed by atoms with E-state index in [-0.39, 0.29) is 23.4 Å². The smallest absolute Gasteiger partial charge is 0.243 e. The van der Waals surface area contributed by atoms with Crippen molar-refractivity contribution in [3.63, 3.8) is 0 Å². The summed E-state index contributed by atoms with van der Waals surface area (Å²) in [5.74, 6) is -0.207. The van der Waals surface area contributed by atoms with Gasteiger partial charge in [0.15, 0.2) is 0 Å². The van der Waals surface area contributed by atoms with Gasteiger partial charge < -0.3 is 5.32 Å². The Morgan fingerprint density at radius 2 is 1.31 bits per heavy atom. The monoisotopic (exact) mass is 451 g/mol. The average molecular weight is 452 g/mol. The third-order valence-corrected chi connectivity index (χ3v) is 7.28. The van der Waals surface area contributed by atoms with E-state index >= 15 is 0 Å². The molecule has 1 amide bonds. The van der Waals surface area contributed by atoms with Crippen molar-refractivity contribution in [3.8, 4) is 0 Å². The molecule has 3 rings (SSSR count). The van der Waals surface area contributed by atoms with Crippen LogP contribution in [0.2, 0.25) is 0 Å². The van der Waals surface area contributed by atoms with Crippen molar-refractivity contribution in [2.45, 2.75) is 24.8 Å². The first-order chi connectivity index (χ1) is 15.5. The van der Waals surface area contributed by atoms with E-state index in [4.69, 9.17) is 0 Å². The summed E-state index contributed by atoms with van der Waals surface area (Å²) in [6.07, 6.45) is 0. The lowest BCUT2D eigenvalue weighted by Crippen LogP contribution is -2.32. The zero-order valence-electron chi connectivity index (χ0n) is 18.4. The van der Waals surface area contributed by atoms with Gasteiger partial charge >= 0.3 is 0 Å². The first kappa shape index (κ1) is 23.7. The van der Waals surface area contributed by atoms with E-state index in [9.17, 15) is 13.2 Å². The normalized spacial score (nSPS) is 11.6. The highest BCUT2D eigenvalue weighted by molar-refractivity contribution is 7.89. The average Bonchev–Trinajstić information content (AvgIpc) is 2.81. The van der Waals surface area contributed by atoms with E-state index in [0.717, 1.165) is 11.1 Å². The Balaban J connectivity index is 1.66. The van der Waals surface area contributed by atoms with Crippen LogP contribution in [0.4, 0.5) is 5.69 Å². The number of nitrogens with zero attached hydrogens (tertiary/aromatic N) is 1. The van der Waals surface area contributed by atoms with Gasteiger partial charge in [0.2, 0.25) is 15.9 Å². The van der Waals surface area contributed by atoms with E-state index in [2.05, 4.69) is 10.6 Å². The maximum atomic E-state index is 12.6. The number of rotatable bonds is 10. The highest BCUT2D eigenvalue weighted by Gasteiger charge is 2.21. The van der Waals surface area contributed by atoms with Crippen LogP contribution < -0.4 is 10.6 Å². The number of hydrogen-bond donors (Lipinski definition) is 2. The highest BCUT2D eigenvalue weighted by atomic mass is 32.2. The molecule has 3 aromatic carbocycles. The molecule has 0 atom stereocenters. The molecular formula is C25H29N3O3S. The van der Waals surface area contributed by atoms with Gasteiger partial charge in [0, 0.05) is 18.8 Å². The van der Waals surface area contributed by atoms with Gasteiger partial charge in [-0.3, -0.25) is 10.1 Å². The number of hydrogen-bond acceptors (Lipinski definition) is 4. The van der Waals surface area contributed by atoms with Crippen LogP contribution in [0, 0.1) is 0 Å². The molecule has 3 aromatic rings. The Labute approximate surface area is 190 Å². The fraction of sp³-hybridized carbons (Fsp3) is 0.240. The lowest BCUT2D eigenvalue weighted by Gasteiger charge is -2.20. The lowest BCUT2D eigenvalue weighted by atomic mass is 9.99. The molecule has 0 aliphatic heterocycles.